The SMILES string of the molecule is CC[C@@H]1C[C@]1(NC(=O)[C@@H]1C[C@@H]2CN1C(=O)[C@H](C1CCCC1)NC(=O)O[C@@H]1CCC[C@H]1CCCCCc1c(cc3cc(OC)ccc3[n+]1O)O2)C(=O)NS(=O)(=O)C1CC1. The van der Waals surface area contributed by atoms with Gasteiger partial charge in [0.05, 0.1) is 24.3 Å². The highest BCUT2D eigenvalue weighted by atomic mass is 32.2. The molecule has 58 heavy (non-hydrogen) atoms. The number of alkyl carbamates (subject to hydrolysis) is 1. The minimum absolute atomic E-state index is 0.00492. The molecule has 0 radical (unpaired) electrons. The number of hydrogen-bond acceptors (Lipinski definition) is 10. The first kappa shape index (κ1) is 40.4. The van der Waals surface area contributed by atoms with E-state index in [1.807, 2.05) is 13.0 Å². The zero-order chi connectivity index (χ0) is 40.8. The maximum Gasteiger partial charge on any atom is 0.408 e. The monoisotopic (exact) mass is 824 g/mol. The molecule has 0 unspecified atom stereocenters. The summed E-state index contributed by atoms with van der Waals surface area (Å²) in [5.41, 5.74) is -0.293. The van der Waals surface area contributed by atoms with Crippen LogP contribution < -0.4 is 29.6 Å². The smallest absolute Gasteiger partial charge is 0.408 e. The molecule has 6 aliphatic rings. The second-order valence-electron chi connectivity index (χ2n) is 17.5. The molecule has 4 amide bonds. The second-order valence-corrected chi connectivity index (χ2v) is 19.5. The number of fused-ring (bicyclic) bond motifs is 5. The Bertz CT molecular complexity index is 2040. The number of carbonyl (C=O) groups is 4. The van der Waals surface area contributed by atoms with Gasteiger partial charge >= 0.3 is 6.09 Å². The van der Waals surface area contributed by atoms with Crippen LogP contribution in [0.3, 0.4) is 0 Å². The minimum Gasteiger partial charge on any atom is -0.497 e. The van der Waals surface area contributed by atoms with Crippen molar-refractivity contribution in [3.63, 3.8) is 0 Å². The predicted molar refractivity (Wildman–Crippen MR) is 210 cm³/mol. The molecule has 4 aliphatic carbocycles. The van der Waals surface area contributed by atoms with Crippen molar-refractivity contribution in [3.8, 4) is 11.5 Å². The van der Waals surface area contributed by atoms with Crippen molar-refractivity contribution in [1.82, 2.24) is 20.3 Å². The zero-order valence-corrected chi connectivity index (χ0v) is 34.4. The van der Waals surface area contributed by atoms with Crippen LogP contribution in [-0.4, -0.2) is 91.1 Å². The first-order chi connectivity index (χ1) is 27.9. The van der Waals surface area contributed by atoms with E-state index in [4.69, 9.17) is 14.2 Å². The van der Waals surface area contributed by atoms with Crippen molar-refractivity contribution < 1.29 is 51.7 Å². The summed E-state index contributed by atoms with van der Waals surface area (Å²) in [7, 11) is -2.31. The number of sulfonamides is 1. The molecule has 1 aromatic heterocycles. The van der Waals surface area contributed by atoms with Crippen LogP contribution in [0.1, 0.15) is 115 Å². The number of nitrogens with one attached hydrogen (secondary N) is 3. The normalized spacial score (nSPS) is 30.9. The molecule has 4 N–H and O–H groups in total. The fraction of sp³-hybridized carbons (Fsp3) is 0.690. The summed E-state index contributed by atoms with van der Waals surface area (Å²) < 4.78 is 47.3. The van der Waals surface area contributed by atoms with Gasteiger partial charge < -0.3 is 29.7 Å². The van der Waals surface area contributed by atoms with E-state index in [9.17, 15) is 32.8 Å². The number of benzene rings is 1. The summed E-state index contributed by atoms with van der Waals surface area (Å²) in [6.45, 7) is 1.88. The van der Waals surface area contributed by atoms with Crippen molar-refractivity contribution in [2.75, 3.05) is 13.7 Å². The van der Waals surface area contributed by atoms with Gasteiger partial charge in [-0.1, -0.05) is 39.0 Å². The number of pyridine rings is 1. The van der Waals surface area contributed by atoms with Gasteiger partial charge in [0.15, 0.2) is 5.75 Å². The average Bonchev–Trinajstić information content (AvgIpc) is 3.99. The molecule has 316 valence electrons. The van der Waals surface area contributed by atoms with E-state index in [2.05, 4.69) is 15.4 Å². The van der Waals surface area contributed by atoms with Gasteiger partial charge in [-0.15, -0.1) is 0 Å². The topological polar surface area (TPSA) is 194 Å². The Kier molecular flexibility index (Phi) is 11.4. The zero-order valence-electron chi connectivity index (χ0n) is 33.6. The number of carbonyl (C=O) groups excluding carboxylic acids is 4. The third-order valence-electron chi connectivity index (χ3n) is 13.7. The predicted octanol–water partition coefficient (Wildman–Crippen LogP) is 4.19. The highest BCUT2D eigenvalue weighted by Crippen LogP contribution is 2.47. The lowest BCUT2D eigenvalue weighted by atomic mass is 9.96. The maximum absolute atomic E-state index is 14.9. The summed E-state index contributed by atoms with van der Waals surface area (Å²) in [6.07, 6.45) is 10.2. The van der Waals surface area contributed by atoms with Crippen molar-refractivity contribution in [2.45, 2.75) is 151 Å². The van der Waals surface area contributed by atoms with E-state index < -0.39 is 62.8 Å². The van der Waals surface area contributed by atoms with Crippen LogP contribution in [0.15, 0.2) is 24.3 Å². The van der Waals surface area contributed by atoms with Crippen molar-refractivity contribution in [1.29, 1.82) is 0 Å². The van der Waals surface area contributed by atoms with E-state index in [1.54, 1.807) is 25.3 Å². The lowest BCUT2D eigenvalue weighted by molar-refractivity contribution is -0.889. The number of aromatic nitrogens is 1. The van der Waals surface area contributed by atoms with E-state index >= 15 is 0 Å². The molecule has 8 rings (SSSR count). The molecule has 3 heterocycles. The Morgan fingerprint density at radius 1 is 0.983 bits per heavy atom. The molecule has 1 aromatic carbocycles. The summed E-state index contributed by atoms with van der Waals surface area (Å²) >= 11 is 0. The van der Waals surface area contributed by atoms with E-state index in [0.29, 0.717) is 53.8 Å². The molecule has 5 fully saturated rings. The Morgan fingerprint density at radius 2 is 1.72 bits per heavy atom. The molecule has 0 spiro atoms. The molecule has 1 saturated heterocycles. The number of nitrogens with zero attached hydrogens (tertiary/aromatic N) is 2. The molecule has 16 heteroatoms. The third-order valence-corrected chi connectivity index (χ3v) is 15.5. The lowest BCUT2D eigenvalue weighted by Gasteiger charge is -2.32. The Morgan fingerprint density at radius 3 is 2.45 bits per heavy atom. The first-order valence-corrected chi connectivity index (χ1v) is 23.0. The first-order valence-electron chi connectivity index (χ1n) is 21.5. The van der Waals surface area contributed by atoms with Crippen molar-refractivity contribution >= 4 is 44.7 Å². The standard InChI is InChI=1S/C42H57N5O10S/c1-3-28-23-42(28,40(50)45-58(53,54)31-17-18-31)44-38(48)34-22-30-24-46(34)39(49)37(26-11-7-8-12-26)43-41(51)57-35-15-9-13-25(35)10-5-4-6-14-33-36(56-30)21-27-20-29(55-2)16-19-32(27)47(33)52/h16,19-21,25-26,28,30-31,34-35,37H,3-15,17-18,22-24H2,1-2H3,(H3-,43,44,45,48,50,51,52)/p+1/t25-,28-,30-,34+,35-,37+,42-/m1/s1. The summed E-state index contributed by atoms with van der Waals surface area (Å²) in [5, 5.41) is 17.6. The fourth-order valence-corrected chi connectivity index (χ4v) is 11.5. The fourth-order valence-electron chi connectivity index (χ4n) is 10.1. The molecular weight excluding hydrogens is 767 g/mol. The van der Waals surface area contributed by atoms with Gasteiger partial charge in [-0.25, -0.2) is 13.2 Å². The van der Waals surface area contributed by atoms with E-state index in [0.717, 1.165) is 75.4 Å². The average molecular weight is 825 g/mol. The summed E-state index contributed by atoms with van der Waals surface area (Å²) in [5.74, 6) is -1.00. The second kappa shape index (κ2) is 16.4. The highest BCUT2D eigenvalue weighted by molar-refractivity contribution is 7.91. The van der Waals surface area contributed by atoms with Gasteiger partial charge in [0.1, 0.15) is 35.6 Å². The molecule has 2 bridgehead atoms. The molecule has 7 atom stereocenters. The van der Waals surface area contributed by atoms with Gasteiger partial charge in [-0.2, -0.15) is 0 Å². The van der Waals surface area contributed by atoms with Crippen LogP contribution in [0.2, 0.25) is 0 Å². The van der Waals surface area contributed by atoms with Gasteiger partial charge in [-0.05, 0) is 94.1 Å². The highest BCUT2D eigenvalue weighted by Gasteiger charge is 2.62. The number of ether oxygens (including phenoxy) is 3. The van der Waals surface area contributed by atoms with Crippen LogP contribution in [-0.2, 0) is 35.6 Å². The quantitative estimate of drug-likeness (QED) is 0.222. The van der Waals surface area contributed by atoms with Crippen LogP contribution in [0.4, 0.5) is 4.79 Å². The minimum atomic E-state index is -3.88. The van der Waals surface area contributed by atoms with Gasteiger partial charge in [0.2, 0.25) is 21.8 Å². The molecule has 4 saturated carbocycles. The molecular formula is C42H58N5O10S+. The number of amides is 4. The third kappa shape index (κ3) is 8.14. The molecule has 2 aromatic rings. The van der Waals surface area contributed by atoms with Crippen LogP contribution in [0, 0.1) is 17.8 Å². The Balaban J connectivity index is 1.14. The van der Waals surface area contributed by atoms with Gasteiger partial charge in [0.25, 0.3) is 17.1 Å². The Hall–Kier alpha value is -4.34. The van der Waals surface area contributed by atoms with Crippen LogP contribution in [0.5, 0.6) is 11.5 Å². The molecule has 2 aliphatic heterocycles. The van der Waals surface area contributed by atoms with Crippen molar-refractivity contribution in [2.24, 2.45) is 17.8 Å². The van der Waals surface area contributed by atoms with Crippen LogP contribution in [0.25, 0.3) is 10.9 Å². The Labute approximate surface area is 339 Å². The summed E-state index contributed by atoms with van der Waals surface area (Å²) in [4.78, 5) is 58.3. The van der Waals surface area contributed by atoms with Crippen LogP contribution >= 0.6 is 0 Å². The number of rotatable bonds is 8. The van der Waals surface area contributed by atoms with E-state index in [-0.39, 0.29) is 43.2 Å². The number of methoxy groups -OCH3 is 1. The number of hydrogen-bond donors (Lipinski definition) is 4. The van der Waals surface area contributed by atoms with Crippen molar-refractivity contribution in [3.05, 3.63) is 30.0 Å². The maximum atomic E-state index is 14.9. The lowest BCUT2D eigenvalue weighted by Crippen LogP contribution is -2.59. The molecule has 15 nitrogen and oxygen atoms in total. The van der Waals surface area contributed by atoms with Gasteiger partial charge in [0, 0.05) is 29.7 Å². The summed E-state index contributed by atoms with van der Waals surface area (Å²) in [6, 6.07) is 5.18. The van der Waals surface area contributed by atoms with E-state index in [1.165, 1.54) is 4.90 Å². The largest absolute Gasteiger partial charge is 0.497 e. The van der Waals surface area contributed by atoms with Gasteiger partial charge in [-0.3, -0.25) is 24.3 Å².